The van der Waals surface area contributed by atoms with Crippen molar-refractivity contribution >= 4 is 29.7 Å². The SMILES string of the molecule is CC[C@]12CC=C(N(C=O)c3ccccn3)C=C1N([C@@H](C)C(=O)O)[C@@H](CNc1ccc(C(=N)N)cc1)N2C. The average molecular weight is 504 g/mol. The molecule has 3 atom stereocenters. The number of aliphatic carboxylic acids is 1. The Bertz CT molecular complexity index is 1230. The van der Waals surface area contributed by atoms with E-state index >= 15 is 0 Å². The largest absolute Gasteiger partial charge is 0.480 e. The summed E-state index contributed by atoms with van der Waals surface area (Å²) in [5, 5.41) is 21.0. The number of nitrogens with one attached hydrogen (secondary N) is 2. The van der Waals surface area contributed by atoms with Gasteiger partial charge >= 0.3 is 5.97 Å². The number of likely N-dealkylation sites (N-methyl/N-ethyl adjacent to an activating group) is 1. The Balaban J connectivity index is 1.69. The number of hydrogen-bond acceptors (Lipinski definition) is 7. The Labute approximate surface area is 216 Å². The topological polar surface area (TPSA) is 139 Å². The summed E-state index contributed by atoms with van der Waals surface area (Å²) in [4.78, 5) is 34.3. The molecule has 1 amide bonds. The maximum Gasteiger partial charge on any atom is 0.326 e. The second-order valence-electron chi connectivity index (χ2n) is 9.30. The number of nitrogens with two attached hydrogens (primary N) is 1. The fraction of sp³-hybridized carbons (Fsp3) is 0.333. The van der Waals surface area contributed by atoms with Crippen LogP contribution in [-0.2, 0) is 9.59 Å². The number of nitrogens with zero attached hydrogens (tertiary/aromatic N) is 4. The first-order chi connectivity index (χ1) is 17.7. The number of anilines is 2. The van der Waals surface area contributed by atoms with Crippen molar-refractivity contribution in [3.05, 3.63) is 77.8 Å². The van der Waals surface area contributed by atoms with Crippen LogP contribution >= 0.6 is 0 Å². The molecule has 10 heteroatoms. The zero-order valence-corrected chi connectivity index (χ0v) is 21.3. The summed E-state index contributed by atoms with van der Waals surface area (Å²) >= 11 is 0. The van der Waals surface area contributed by atoms with Crippen molar-refractivity contribution in [2.45, 2.75) is 44.4 Å². The minimum absolute atomic E-state index is 0.00260. The second-order valence-corrected chi connectivity index (χ2v) is 9.30. The molecule has 1 aliphatic heterocycles. The van der Waals surface area contributed by atoms with Gasteiger partial charge in [0.05, 0.1) is 5.54 Å². The van der Waals surface area contributed by atoms with Crippen LogP contribution in [0, 0.1) is 5.41 Å². The number of fused-ring (bicyclic) bond motifs is 1. The van der Waals surface area contributed by atoms with Crippen LogP contribution in [-0.4, -0.2) is 69.4 Å². The molecule has 5 N–H and O–H groups in total. The van der Waals surface area contributed by atoms with E-state index in [-0.39, 0.29) is 12.0 Å². The Morgan fingerprint density at radius 1 is 1.35 bits per heavy atom. The van der Waals surface area contributed by atoms with Crippen LogP contribution in [0.2, 0.25) is 0 Å². The van der Waals surface area contributed by atoms with Crippen LogP contribution in [0.4, 0.5) is 11.5 Å². The summed E-state index contributed by atoms with van der Waals surface area (Å²) in [6.45, 7) is 4.24. The van der Waals surface area contributed by atoms with Gasteiger partial charge in [-0.15, -0.1) is 0 Å². The fourth-order valence-corrected chi connectivity index (χ4v) is 5.27. The number of carbonyl (C=O) groups excluding carboxylic acids is 1. The molecule has 4 rings (SSSR count). The predicted molar refractivity (Wildman–Crippen MR) is 143 cm³/mol. The van der Waals surface area contributed by atoms with Crippen LogP contribution in [0.15, 0.2) is 72.2 Å². The van der Waals surface area contributed by atoms with Crippen molar-refractivity contribution in [3.8, 4) is 0 Å². The molecule has 2 aromatic rings. The molecule has 0 spiro atoms. The minimum atomic E-state index is -0.926. The van der Waals surface area contributed by atoms with Gasteiger partial charge in [0.15, 0.2) is 0 Å². The van der Waals surface area contributed by atoms with E-state index in [1.54, 1.807) is 37.4 Å². The average Bonchev–Trinajstić information content (AvgIpc) is 3.15. The maximum absolute atomic E-state index is 12.2. The molecular formula is C27H33N7O3. The van der Waals surface area contributed by atoms with E-state index in [1.807, 2.05) is 42.3 Å². The van der Waals surface area contributed by atoms with Crippen LogP contribution in [0.1, 0.15) is 32.3 Å². The lowest BCUT2D eigenvalue weighted by Crippen LogP contribution is -2.50. The lowest BCUT2D eigenvalue weighted by molar-refractivity contribution is -0.142. The summed E-state index contributed by atoms with van der Waals surface area (Å²) in [7, 11) is 2.02. The van der Waals surface area contributed by atoms with Crippen LogP contribution < -0.4 is 16.0 Å². The Hall–Kier alpha value is -4.18. The number of amidine groups is 1. The summed E-state index contributed by atoms with van der Waals surface area (Å²) in [6, 6.07) is 11.8. The van der Waals surface area contributed by atoms with Gasteiger partial charge in [0.25, 0.3) is 0 Å². The number of carboxylic acid groups (broad SMARTS) is 1. The number of allylic oxidation sites excluding steroid dienone is 1. The number of aromatic nitrogens is 1. The van der Waals surface area contributed by atoms with Crippen molar-refractivity contribution in [3.63, 3.8) is 0 Å². The minimum Gasteiger partial charge on any atom is -0.480 e. The van der Waals surface area contributed by atoms with E-state index < -0.39 is 17.6 Å². The van der Waals surface area contributed by atoms with E-state index in [4.69, 9.17) is 11.1 Å². The summed E-state index contributed by atoms with van der Waals surface area (Å²) in [5.74, 6) is -0.422. The van der Waals surface area contributed by atoms with Gasteiger partial charge in [-0.25, -0.2) is 9.78 Å². The highest BCUT2D eigenvalue weighted by molar-refractivity contribution is 5.95. The number of nitrogen functional groups attached to an aromatic ring is 1. The summed E-state index contributed by atoms with van der Waals surface area (Å²) < 4.78 is 0. The lowest BCUT2D eigenvalue weighted by atomic mass is 9.83. The Kier molecular flexibility index (Phi) is 7.30. The molecule has 1 fully saturated rings. The molecule has 0 unspecified atom stereocenters. The summed E-state index contributed by atoms with van der Waals surface area (Å²) in [5.41, 5.74) is 8.16. The van der Waals surface area contributed by atoms with E-state index in [0.29, 0.717) is 30.0 Å². The molecule has 2 heterocycles. The number of benzene rings is 1. The molecular weight excluding hydrogens is 470 g/mol. The number of amides is 1. The standard InChI is InChI=1S/C27H33N7O3/c1-4-27-13-12-21(33(17-35)23-7-5-6-14-30-23)15-22(27)34(18(2)26(36)37)24(32(27)3)16-31-20-10-8-19(9-11-20)25(28)29/h5-12,14-15,17-18,24,31H,4,13,16H2,1-3H3,(H3,28,29)(H,36,37)/t18-,24-,27-/m0/s1. The Morgan fingerprint density at radius 2 is 2.08 bits per heavy atom. The third kappa shape index (κ3) is 4.67. The lowest BCUT2D eigenvalue weighted by Gasteiger charge is -2.39. The summed E-state index contributed by atoms with van der Waals surface area (Å²) in [6.07, 6.45) is 7.42. The van der Waals surface area contributed by atoms with E-state index in [1.165, 1.54) is 4.90 Å². The van der Waals surface area contributed by atoms with Crippen molar-refractivity contribution in [2.75, 3.05) is 23.8 Å². The second kappa shape index (κ2) is 10.4. The Morgan fingerprint density at radius 3 is 2.65 bits per heavy atom. The first-order valence-corrected chi connectivity index (χ1v) is 12.2. The normalized spacial score (nSPS) is 21.9. The fourth-order valence-electron chi connectivity index (χ4n) is 5.27. The monoisotopic (exact) mass is 503 g/mol. The molecule has 1 aliphatic carbocycles. The van der Waals surface area contributed by atoms with E-state index in [0.717, 1.165) is 24.2 Å². The molecule has 0 radical (unpaired) electrons. The van der Waals surface area contributed by atoms with Crippen molar-refractivity contribution < 1.29 is 14.7 Å². The van der Waals surface area contributed by atoms with E-state index in [9.17, 15) is 14.7 Å². The molecule has 37 heavy (non-hydrogen) atoms. The van der Waals surface area contributed by atoms with Crippen LogP contribution in [0.5, 0.6) is 0 Å². The molecule has 10 nitrogen and oxygen atoms in total. The third-order valence-corrected chi connectivity index (χ3v) is 7.46. The number of rotatable bonds is 10. The number of hydrogen-bond donors (Lipinski definition) is 4. The van der Waals surface area contributed by atoms with Crippen molar-refractivity contribution in [2.24, 2.45) is 5.73 Å². The van der Waals surface area contributed by atoms with Gasteiger partial charge in [-0.1, -0.05) is 19.1 Å². The smallest absolute Gasteiger partial charge is 0.326 e. The molecule has 194 valence electrons. The molecule has 1 aromatic carbocycles. The first kappa shape index (κ1) is 25.9. The third-order valence-electron chi connectivity index (χ3n) is 7.46. The van der Waals surface area contributed by atoms with Gasteiger partial charge in [-0.2, -0.15) is 0 Å². The van der Waals surface area contributed by atoms with Crippen LogP contribution in [0.25, 0.3) is 0 Å². The molecule has 0 saturated carbocycles. The van der Waals surface area contributed by atoms with Gasteiger partial charge < -0.3 is 21.1 Å². The quantitative estimate of drug-likeness (QED) is 0.221. The van der Waals surface area contributed by atoms with Gasteiger partial charge in [-0.3, -0.25) is 20.0 Å². The predicted octanol–water partition coefficient (Wildman–Crippen LogP) is 2.81. The number of pyridine rings is 1. The maximum atomic E-state index is 12.2. The molecule has 0 bridgehead atoms. The molecule has 1 saturated heterocycles. The van der Waals surface area contributed by atoms with Crippen LogP contribution in [0.3, 0.4) is 0 Å². The van der Waals surface area contributed by atoms with Gasteiger partial charge in [-0.05, 0) is 69.3 Å². The molecule has 1 aromatic heterocycles. The zero-order valence-electron chi connectivity index (χ0n) is 21.3. The van der Waals surface area contributed by atoms with Gasteiger partial charge in [0.1, 0.15) is 23.9 Å². The van der Waals surface area contributed by atoms with E-state index in [2.05, 4.69) is 22.1 Å². The van der Waals surface area contributed by atoms with Gasteiger partial charge in [0, 0.05) is 35.4 Å². The van der Waals surface area contributed by atoms with Gasteiger partial charge in [0.2, 0.25) is 6.41 Å². The highest BCUT2D eigenvalue weighted by atomic mass is 16.4. The van der Waals surface area contributed by atoms with Crippen molar-refractivity contribution in [1.29, 1.82) is 5.41 Å². The van der Waals surface area contributed by atoms with Crippen molar-refractivity contribution in [1.82, 2.24) is 14.8 Å². The highest BCUT2D eigenvalue weighted by Gasteiger charge is 2.54. The number of carbonyl (C=O) groups is 2. The number of carboxylic acids is 1. The first-order valence-electron chi connectivity index (χ1n) is 12.2. The highest BCUT2D eigenvalue weighted by Crippen LogP contribution is 2.47. The molecule has 2 aliphatic rings. The zero-order chi connectivity index (χ0) is 26.7.